The fourth-order valence-electron chi connectivity index (χ4n) is 2.17. The number of pyridine rings is 1. The Morgan fingerprint density at radius 1 is 1.16 bits per heavy atom. The van der Waals surface area contributed by atoms with Crippen LogP contribution in [-0.2, 0) is 9.31 Å². The first-order chi connectivity index (χ1) is 8.64. The van der Waals surface area contributed by atoms with E-state index in [1.54, 1.807) is 12.3 Å². The van der Waals surface area contributed by atoms with Crippen LogP contribution in [0.4, 0.5) is 0 Å². The molecule has 19 heavy (non-hydrogen) atoms. The predicted molar refractivity (Wildman–Crippen MR) is 76.9 cm³/mol. The van der Waals surface area contributed by atoms with Crippen LogP contribution >= 0.6 is 0 Å². The first-order valence-electron chi connectivity index (χ1n) is 6.72. The van der Waals surface area contributed by atoms with Gasteiger partial charge in [-0.1, -0.05) is 13.8 Å². The molecule has 1 aromatic rings. The Morgan fingerprint density at radius 3 is 2.16 bits per heavy atom. The molecule has 0 radical (unpaired) electrons. The zero-order valence-electron chi connectivity index (χ0n) is 12.5. The summed E-state index contributed by atoms with van der Waals surface area (Å²) in [5.41, 5.74) is 1.05. The van der Waals surface area contributed by atoms with E-state index in [1.165, 1.54) is 0 Å². The van der Waals surface area contributed by atoms with Crippen molar-refractivity contribution in [3.05, 3.63) is 28.2 Å². The lowest BCUT2D eigenvalue weighted by atomic mass is 9.75. The number of hydrogen-bond acceptors (Lipinski definition) is 3. The van der Waals surface area contributed by atoms with E-state index in [1.807, 2.05) is 27.7 Å². The summed E-state index contributed by atoms with van der Waals surface area (Å²) in [6.45, 7) is 12.2. The monoisotopic (exact) mass is 263 g/mol. The maximum Gasteiger partial charge on any atom is 0.496 e. The Balaban J connectivity index is 2.42. The van der Waals surface area contributed by atoms with Gasteiger partial charge in [0.1, 0.15) is 0 Å². The van der Waals surface area contributed by atoms with E-state index < -0.39 is 7.12 Å². The van der Waals surface area contributed by atoms with Gasteiger partial charge < -0.3 is 14.3 Å². The minimum absolute atomic E-state index is 0.0935. The van der Waals surface area contributed by atoms with E-state index in [0.29, 0.717) is 0 Å². The Morgan fingerprint density at radius 2 is 1.68 bits per heavy atom. The van der Waals surface area contributed by atoms with Crippen LogP contribution in [0.3, 0.4) is 0 Å². The SMILES string of the molecule is CC(C)c1cc(=O)[nH]cc1B1OC(C)(C)C(C)(C)O1. The molecular formula is C14H22BNO3. The molecule has 0 saturated carbocycles. The van der Waals surface area contributed by atoms with Crippen LogP contribution in [-0.4, -0.2) is 23.3 Å². The minimum Gasteiger partial charge on any atom is -0.399 e. The molecular weight excluding hydrogens is 241 g/mol. The summed E-state index contributed by atoms with van der Waals surface area (Å²) in [4.78, 5) is 14.2. The second-order valence-corrected chi connectivity index (χ2v) is 6.45. The third kappa shape index (κ3) is 2.49. The molecule has 0 amide bonds. The minimum atomic E-state index is -0.431. The van der Waals surface area contributed by atoms with Gasteiger partial charge >= 0.3 is 7.12 Å². The highest BCUT2D eigenvalue weighted by atomic mass is 16.7. The molecule has 0 bridgehead atoms. The fourth-order valence-corrected chi connectivity index (χ4v) is 2.17. The second kappa shape index (κ2) is 4.49. The van der Waals surface area contributed by atoms with Crippen molar-refractivity contribution in [1.82, 2.24) is 4.98 Å². The zero-order valence-corrected chi connectivity index (χ0v) is 12.5. The molecule has 0 atom stereocenters. The molecule has 104 valence electrons. The van der Waals surface area contributed by atoms with Gasteiger partial charge in [0, 0.05) is 17.7 Å². The average Bonchev–Trinajstić information content (AvgIpc) is 2.47. The van der Waals surface area contributed by atoms with Crippen LogP contribution in [0.15, 0.2) is 17.1 Å². The van der Waals surface area contributed by atoms with Crippen molar-refractivity contribution >= 4 is 12.6 Å². The summed E-state index contributed by atoms with van der Waals surface area (Å²) in [5.74, 6) is 0.247. The zero-order chi connectivity index (χ0) is 14.4. The van der Waals surface area contributed by atoms with Crippen molar-refractivity contribution < 1.29 is 9.31 Å². The first kappa shape index (κ1) is 14.3. The van der Waals surface area contributed by atoms with Gasteiger partial charge in [-0.15, -0.1) is 0 Å². The first-order valence-corrected chi connectivity index (χ1v) is 6.72. The van der Waals surface area contributed by atoms with Crippen molar-refractivity contribution in [3.63, 3.8) is 0 Å². The topological polar surface area (TPSA) is 51.3 Å². The van der Waals surface area contributed by atoms with E-state index in [2.05, 4.69) is 18.8 Å². The van der Waals surface area contributed by atoms with Crippen LogP contribution in [0, 0.1) is 0 Å². The van der Waals surface area contributed by atoms with E-state index in [0.717, 1.165) is 11.0 Å². The van der Waals surface area contributed by atoms with Crippen LogP contribution in [0.5, 0.6) is 0 Å². The number of aromatic nitrogens is 1. The van der Waals surface area contributed by atoms with E-state index in [9.17, 15) is 4.79 Å². The summed E-state index contributed by atoms with van der Waals surface area (Å²) in [7, 11) is -0.431. The van der Waals surface area contributed by atoms with Gasteiger partial charge in [0.05, 0.1) is 11.2 Å². The van der Waals surface area contributed by atoms with Crippen molar-refractivity contribution in [1.29, 1.82) is 0 Å². The number of hydrogen-bond donors (Lipinski definition) is 1. The second-order valence-electron chi connectivity index (χ2n) is 6.45. The molecule has 1 aromatic heterocycles. The molecule has 0 unspecified atom stereocenters. The van der Waals surface area contributed by atoms with Crippen molar-refractivity contribution in [2.75, 3.05) is 0 Å². The standard InChI is InChI=1S/C14H22BNO3/c1-9(2)10-7-12(17)16-8-11(10)15-18-13(3,4)14(5,6)19-15/h7-9H,1-6H3,(H,16,17). The number of aromatic amines is 1. The van der Waals surface area contributed by atoms with E-state index in [4.69, 9.17) is 9.31 Å². The molecule has 1 aliphatic rings. The van der Waals surface area contributed by atoms with Crippen LogP contribution < -0.4 is 11.0 Å². The smallest absolute Gasteiger partial charge is 0.399 e. The molecule has 1 fully saturated rings. The molecule has 0 spiro atoms. The number of nitrogens with one attached hydrogen (secondary N) is 1. The van der Waals surface area contributed by atoms with Crippen LogP contribution in [0.2, 0.25) is 0 Å². The maximum absolute atomic E-state index is 11.5. The highest BCUT2D eigenvalue weighted by Gasteiger charge is 2.52. The highest BCUT2D eigenvalue weighted by Crippen LogP contribution is 2.36. The van der Waals surface area contributed by atoms with E-state index in [-0.39, 0.29) is 22.7 Å². The van der Waals surface area contributed by atoms with Crippen molar-refractivity contribution in [2.45, 2.75) is 58.7 Å². The Hall–Kier alpha value is -1.07. The van der Waals surface area contributed by atoms with Crippen molar-refractivity contribution in [3.8, 4) is 0 Å². The Kier molecular flexibility index (Phi) is 3.39. The average molecular weight is 263 g/mol. The molecule has 1 aliphatic heterocycles. The van der Waals surface area contributed by atoms with Gasteiger partial charge in [-0.25, -0.2) is 0 Å². The van der Waals surface area contributed by atoms with Gasteiger partial charge in [0.25, 0.3) is 0 Å². The van der Waals surface area contributed by atoms with Gasteiger partial charge in [0.15, 0.2) is 0 Å². The molecule has 2 heterocycles. The molecule has 4 nitrogen and oxygen atoms in total. The van der Waals surface area contributed by atoms with Gasteiger partial charge in [-0.05, 0) is 39.2 Å². The maximum atomic E-state index is 11.5. The van der Waals surface area contributed by atoms with Gasteiger partial charge in [-0.3, -0.25) is 4.79 Å². The molecule has 1 N–H and O–H groups in total. The highest BCUT2D eigenvalue weighted by molar-refractivity contribution is 6.62. The quantitative estimate of drug-likeness (QED) is 0.828. The summed E-state index contributed by atoms with van der Waals surface area (Å²) >= 11 is 0. The molecule has 0 aromatic carbocycles. The van der Waals surface area contributed by atoms with E-state index >= 15 is 0 Å². The summed E-state index contributed by atoms with van der Waals surface area (Å²) in [6, 6.07) is 1.63. The Labute approximate surface area is 114 Å². The lowest BCUT2D eigenvalue weighted by Crippen LogP contribution is -2.41. The summed E-state index contributed by atoms with van der Waals surface area (Å²) < 4.78 is 12.1. The number of rotatable bonds is 2. The van der Waals surface area contributed by atoms with Crippen LogP contribution in [0.1, 0.15) is 53.0 Å². The largest absolute Gasteiger partial charge is 0.496 e. The third-order valence-electron chi connectivity index (χ3n) is 4.12. The Bertz CT molecular complexity index is 518. The van der Waals surface area contributed by atoms with Crippen LogP contribution in [0.25, 0.3) is 0 Å². The summed E-state index contributed by atoms with van der Waals surface area (Å²) in [6.07, 6.45) is 1.71. The fraction of sp³-hybridized carbons (Fsp3) is 0.643. The van der Waals surface area contributed by atoms with Gasteiger partial charge in [-0.2, -0.15) is 0 Å². The molecule has 5 heteroatoms. The van der Waals surface area contributed by atoms with Gasteiger partial charge in [0.2, 0.25) is 5.56 Å². The lowest BCUT2D eigenvalue weighted by molar-refractivity contribution is 0.00578. The normalized spacial score (nSPS) is 21.1. The van der Waals surface area contributed by atoms with Crippen molar-refractivity contribution in [2.24, 2.45) is 0 Å². The molecule has 1 saturated heterocycles. The lowest BCUT2D eigenvalue weighted by Gasteiger charge is -2.32. The third-order valence-corrected chi connectivity index (χ3v) is 4.12. The summed E-state index contributed by atoms with van der Waals surface area (Å²) in [5, 5.41) is 0. The molecule has 0 aliphatic carbocycles. The number of H-pyrrole nitrogens is 1. The predicted octanol–water partition coefficient (Wildman–Crippen LogP) is 1.80. The molecule has 2 rings (SSSR count).